The van der Waals surface area contributed by atoms with E-state index >= 15 is 0 Å². The summed E-state index contributed by atoms with van der Waals surface area (Å²) in [5.74, 6) is -1.06. The Bertz CT molecular complexity index is 1440. The number of hydrogen-bond donors (Lipinski definition) is 1. The summed E-state index contributed by atoms with van der Waals surface area (Å²) in [6.07, 6.45) is 1.58. The van der Waals surface area contributed by atoms with Gasteiger partial charge in [0.15, 0.2) is 5.13 Å². The highest BCUT2D eigenvalue weighted by molar-refractivity contribution is 7.14. The first-order valence-corrected chi connectivity index (χ1v) is 12.4. The highest BCUT2D eigenvalue weighted by Gasteiger charge is 2.47. The second kappa shape index (κ2) is 9.79. The molecule has 0 radical (unpaired) electrons. The van der Waals surface area contributed by atoms with Crippen LogP contribution in [0.3, 0.4) is 0 Å². The van der Waals surface area contributed by atoms with E-state index in [1.54, 1.807) is 35.8 Å². The predicted octanol–water partition coefficient (Wildman–Crippen LogP) is 5.97. The number of amides is 1. The van der Waals surface area contributed by atoms with Crippen LogP contribution in [0.25, 0.3) is 5.76 Å². The average Bonchev–Trinajstić information content (AvgIpc) is 3.50. The highest BCUT2D eigenvalue weighted by Crippen LogP contribution is 2.42. The molecule has 0 bridgehead atoms. The first-order valence-electron chi connectivity index (χ1n) is 11.5. The molecule has 1 atom stereocenters. The third kappa shape index (κ3) is 4.53. The zero-order valence-corrected chi connectivity index (χ0v) is 20.7. The lowest BCUT2D eigenvalue weighted by Crippen LogP contribution is -2.29. The van der Waals surface area contributed by atoms with E-state index in [-0.39, 0.29) is 11.3 Å². The van der Waals surface area contributed by atoms with Gasteiger partial charge in [0, 0.05) is 17.1 Å². The fourth-order valence-corrected chi connectivity index (χ4v) is 4.93. The van der Waals surface area contributed by atoms with E-state index in [0.717, 1.165) is 22.3 Å². The molecule has 180 valence electrons. The van der Waals surface area contributed by atoms with Gasteiger partial charge in [-0.15, -0.1) is 11.3 Å². The molecule has 0 aliphatic carbocycles. The summed E-state index contributed by atoms with van der Waals surface area (Å²) in [6.45, 7) is 4.41. The van der Waals surface area contributed by atoms with E-state index < -0.39 is 17.7 Å². The second-order valence-electron chi connectivity index (χ2n) is 8.70. The van der Waals surface area contributed by atoms with Crippen molar-refractivity contribution in [3.8, 4) is 5.75 Å². The molecule has 6 nitrogen and oxygen atoms in total. The lowest BCUT2D eigenvalue weighted by molar-refractivity contribution is -0.132. The van der Waals surface area contributed by atoms with Crippen molar-refractivity contribution in [2.24, 2.45) is 0 Å². The number of aromatic nitrogens is 1. The number of ketones is 1. The maximum absolute atomic E-state index is 13.2. The zero-order valence-electron chi connectivity index (χ0n) is 19.8. The number of anilines is 1. The molecule has 3 aromatic carbocycles. The number of ether oxygens (including phenoxy) is 1. The molecule has 5 rings (SSSR count). The molecule has 1 N–H and O–H groups in total. The molecule has 1 aliphatic rings. The minimum atomic E-state index is -0.783. The molecule has 1 fully saturated rings. The van der Waals surface area contributed by atoms with Gasteiger partial charge in [0.25, 0.3) is 5.78 Å². The molecule has 0 spiro atoms. The van der Waals surface area contributed by atoms with Gasteiger partial charge >= 0.3 is 5.91 Å². The largest absolute Gasteiger partial charge is 0.507 e. The third-order valence-corrected chi connectivity index (χ3v) is 6.85. The molecule has 36 heavy (non-hydrogen) atoms. The number of aliphatic hydroxyl groups excluding tert-OH is 1. The Morgan fingerprint density at radius 2 is 1.75 bits per heavy atom. The van der Waals surface area contributed by atoms with E-state index in [1.165, 1.54) is 16.2 Å². The van der Waals surface area contributed by atoms with Gasteiger partial charge < -0.3 is 9.84 Å². The summed E-state index contributed by atoms with van der Waals surface area (Å²) in [4.78, 5) is 31.9. The Kier molecular flexibility index (Phi) is 6.40. The number of hydrogen-bond acceptors (Lipinski definition) is 6. The van der Waals surface area contributed by atoms with E-state index in [0.29, 0.717) is 23.1 Å². The van der Waals surface area contributed by atoms with Gasteiger partial charge in [-0.2, -0.15) is 0 Å². The van der Waals surface area contributed by atoms with Crippen LogP contribution in [-0.2, 0) is 16.2 Å². The summed E-state index contributed by atoms with van der Waals surface area (Å²) in [7, 11) is 0. The number of aryl methyl sites for hydroxylation is 2. The number of thiazole rings is 1. The van der Waals surface area contributed by atoms with Gasteiger partial charge in [-0.05, 0) is 49.2 Å². The minimum absolute atomic E-state index is 0.0347. The van der Waals surface area contributed by atoms with Crippen molar-refractivity contribution in [3.05, 3.63) is 118 Å². The van der Waals surface area contributed by atoms with E-state index in [2.05, 4.69) is 11.1 Å². The fourth-order valence-electron chi connectivity index (χ4n) is 4.26. The highest BCUT2D eigenvalue weighted by atomic mass is 32.1. The number of aliphatic hydroxyl groups is 1. The molecule has 1 aromatic heterocycles. The Morgan fingerprint density at radius 1 is 1.00 bits per heavy atom. The van der Waals surface area contributed by atoms with Crippen molar-refractivity contribution in [1.29, 1.82) is 0 Å². The zero-order chi connectivity index (χ0) is 25.2. The third-order valence-electron chi connectivity index (χ3n) is 6.08. The van der Waals surface area contributed by atoms with Gasteiger partial charge in [-0.25, -0.2) is 4.98 Å². The standard InChI is InChI=1S/C29H24N2O4S/c1-18-6-8-21(9-7-18)25-24(27(33)28(34)31(25)29-30-14-15-36-29)26(32)22-10-12-23(13-11-22)35-17-20-5-3-4-19(2)16-20/h3-16,25,32H,17H2,1-2H3/b26-24+. The summed E-state index contributed by atoms with van der Waals surface area (Å²) >= 11 is 1.26. The number of nitrogens with zero attached hydrogens (tertiary/aromatic N) is 2. The first kappa shape index (κ1) is 23.5. The molecular weight excluding hydrogens is 472 g/mol. The van der Waals surface area contributed by atoms with Crippen LogP contribution in [0.1, 0.15) is 33.9 Å². The number of Topliss-reactive ketones (excluding diaryl/α,β-unsaturated/α-hetero) is 1. The molecular formula is C29H24N2O4S. The second-order valence-corrected chi connectivity index (χ2v) is 9.57. The molecule has 4 aromatic rings. The van der Waals surface area contributed by atoms with Crippen molar-refractivity contribution in [2.75, 3.05) is 4.90 Å². The molecule has 1 saturated heterocycles. The van der Waals surface area contributed by atoms with Crippen LogP contribution < -0.4 is 9.64 Å². The Hall–Kier alpha value is -4.23. The van der Waals surface area contributed by atoms with Crippen LogP contribution in [-0.4, -0.2) is 21.8 Å². The Balaban J connectivity index is 1.48. The topological polar surface area (TPSA) is 79.7 Å². The van der Waals surface area contributed by atoms with Gasteiger partial charge in [0.1, 0.15) is 18.1 Å². The van der Waals surface area contributed by atoms with Gasteiger partial charge in [-0.3, -0.25) is 14.5 Å². The van der Waals surface area contributed by atoms with Crippen molar-refractivity contribution in [2.45, 2.75) is 26.5 Å². The van der Waals surface area contributed by atoms with Crippen LogP contribution >= 0.6 is 11.3 Å². The number of carbonyl (C=O) groups is 2. The SMILES string of the molecule is Cc1ccc(C2/C(=C(\O)c3ccc(OCc4cccc(C)c4)cc3)C(=O)C(=O)N2c2nccs2)cc1. The summed E-state index contributed by atoms with van der Waals surface area (Å²) < 4.78 is 5.88. The van der Waals surface area contributed by atoms with E-state index in [9.17, 15) is 14.7 Å². The fraction of sp³-hybridized carbons (Fsp3) is 0.138. The Labute approximate surface area is 213 Å². The maximum atomic E-state index is 13.2. The van der Waals surface area contributed by atoms with Crippen molar-refractivity contribution in [1.82, 2.24) is 4.98 Å². The van der Waals surface area contributed by atoms with Crippen LogP contribution in [0.5, 0.6) is 5.75 Å². The number of carbonyl (C=O) groups excluding carboxylic acids is 2. The predicted molar refractivity (Wildman–Crippen MR) is 140 cm³/mol. The van der Waals surface area contributed by atoms with Crippen molar-refractivity contribution >= 4 is 33.9 Å². The van der Waals surface area contributed by atoms with Crippen molar-refractivity contribution < 1.29 is 19.4 Å². The quantitative estimate of drug-likeness (QED) is 0.202. The number of benzene rings is 3. The first-order chi connectivity index (χ1) is 17.4. The lowest BCUT2D eigenvalue weighted by atomic mass is 9.95. The molecule has 1 unspecified atom stereocenters. The number of rotatable bonds is 6. The van der Waals surface area contributed by atoms with Crippen LogP contribution in [0, 0.1) is 13.8 Å². The van der Waals surface area contributed by atoms with Crippen LogP contribution in [0.2, 0.25) is 0 Å². The molecule has 2 heterocycles. The van der Waals surface area contributed by atoms with Gasteiger partial charge in [0.2, 0.25) is 0 Å². The molecule has 1 aliphatic heterocycles. The Morgan fingerprint density at radius 3 is 2.42 bits per heavy atom. The molecule has 7 heteroatoms. The normalized spacial score (nSPS) is 16.9. The average molecular weight is 497 g/mol. The van der Waals surface area contributed by atoms with Gasteiger partial charge in [0.05, 0.1) is 11.6 Å². The van der Waals surface area contributed by atoms with Gasteiger partial charge in [-0.1, -0.05) is 59.7 Å². The molecule has 1 amide bonds. The minimum Gasteiger partial charge on any atom is -0.507 e. The monoisotopic (exact) mass is 496 g/mol. The summed E-state index contributed by atoms with van der Waals surface area (Å²) in [6, 6.07) is 21.7. The summed E-state index contributed by atoms with van der Waals surface area (Å²) in [5.41, 5.74) is 4.44. The molecule has 0 saturated carbocycles. The van der Waals surface area contributed by atoms with E-state index in [4.69, 9.17) is 4.74 Å². The lowest BCUT2D eigenvalue weighted by Gasteiger charge is -2.23. The van der Waals surface area contributed by atoms with Crippen LogP contribution in [0.4, 0.5) is 5.13 Å². The van der Waals surface area contributed by atoms with Crippen LogP contribution in [0.15, 0.2) is 89.9 Å². The maximum Gasteiger partial charge on any atom is 0.301 e. The smallest absolute Gasteiger partial charge is 0.301 e. The van der Waals surface area contributed by atoms with Crippen molar-refractivity contribution in [3.63, 3.8) is 0 Å². The van der Waals surface area contributed by atoms with E-state index in [1.807, 2.05) is 56.3 Å². The summed E-state index contributed by atoms with van der Waals surface area (Å²) in [5, 5.41) is 13.4.